The number of sulfonamides is 1. The SMILES string of the molecule is CCCS(=O)(=O)Nc1nc2ccccc2[nH]1. The predicted octanol–water partition coefficient (Wildman–Crippen LogP) is 1.71. The van der Waals surface area contributed by atoms with Gasteiger partial charge in [0, 0.05) is 0 Å². The molecule has 0 bridgehead atoms. The number of benzene rings is 1. The second-order valence-electron chi connectivity index (χ2n) is 3.52. The Morgan fingerprint density at radius 1 is 1.38 bits per heavy atom. The van der Waals surface area contributed by atoms with E-state index in [0.717, 1.165) is 11.0 Å². The molecule has 0 saturated carbocycles. The molecule has 0 aliphatic rings. The molecule has 0 radical (unpaired) electrons. The van der Waals surface area contributed by atoms with Gasteiger partial charge in [0.2, 0.25) is 16.0 Å². The molecule has 1 aromatic heterocycles. The number of anilines is 1. The molecule has 1 heterocycles. The predicted molar refractivity (Wildman–Crippen MR) is 63.8 cm³/mol. The third kappa shape index (κ3) is 2.33. The maximum atomic E-state index is 11.5. The largest absolute Gasteiger partial charge is 0.323 e. The molecule has 1 aromatic carbocycles. The fourth-order valence-corrected chi connectivity index (χ4v) is 2.50. The van der Waals surface area contributed by atoms with Gasteiger partial charge in [-0.15, -0.1) is 0 Å². The molecule has 86 valence electrons. The smallest absolute Gasteiger partial charge is 0.234 e. The zero-order chi connectivity index (χ0) is 11.6. The van der Waals surface area contributed by atoms with Gasteiger partial charge in [-0.05, 0) is 18.6 Å². The number of nitrogens with zero attached hydrogens (tertiary/aromatic N) is 1. The Hall–Kier alpha value is -1.56. The molecule has 0 fully saturated rings. The van der Waals surface area contributed by atoms with E-state index in [0.29, 0.717) is 6.42 Å². The van der Waals surface area contributed by atoms with Crippen LogP contribution in [-0.4, -0.2) is 24.1 Å². The van der Waals surface area contributed by atoms with Crippen molar-refractivity contribution in [2.45, 2.75) is 13.3 Å². The highest BCUT2D eigenvalue weighted by molar-refractivity contribution is 7.92. The number of rotatable bonds is 4. The molecule has 5 nitrogen and oxygen atoms in total. The van der Waals surface area contributed by atoms with Crippen molar-refractivity contribution in [3.05, 3.63) is 24.3 Å². The highest BCUT2D eigenvalue weighted by atomic mass is 32.2. The van der Waals surface area contributed by atoms with Crippen molar-refractivity contribution in [3.8, 4) is 0 Å². The lowest BCUT2D eigenvalue weighted by Gasteiger charge is -2.02. The van der Waals surface area contributed by atoms with Crippen molar-refractivity contribution in [2.24, 2.45) is 0 Å². The molecule has 6 heteroatoms. The summed E-state index contributed by atoms with van der Waals surface area (Å²) in [7, 11) is -3.28. The maximum absolute atomic E-state index is 11.5. The van der Waals surface area contributed by atoms with Crippen LogP contribution in [0.1, 0.15) is 13.3 Å². The van der Waals surface area contributed by atoms with Crippen LogP contribution in [0.15, 0.2) is 24.3 Å². The van der Waals surface area contributed by atoms with E-state index in [1.807, 2.05) is 31.2 Å². The monoisotopic (exact) mass is 239 g/mol. The molecular formula is C10H13N3O2S. The van der Waals surface area contributed by atoms with Crippen LogP contribution in [-0.2, 0) is 10.0 Å². The second kappa shape index (κ2) is 4.13. The zero-order valence-electron chi connectivity index (χ0n) is 8.90. The number of aromatic amines is 1. The summed E-state index contributed by atoms with van der Waals surface area (Å²) in [6.45, 7) is 1.82. The van der Waals surface area contributed by atoms with E-state index in [1.165, 1.54) is 0 Å². The van der Waals surface area contributed by atoms with Gasteiger partial charge in [-0.2, -0.15) is 0 Å². The normalized spacial score (nSPS) is 11.8. The van der Waals surface area contributed by atoms with Gasteiger partial charge in [0.1, 0.15) is 0 Å². The van der Waals surface area contributed by atoms with Crippen LogP contribution in [0.25, 0.3) is 11.0 Å². The first-order valence-corrected chi connectivity index (χ1v) is 6.71. The van der Waals surface area contributed by atoms with E-state index < -0.39 is 10.0 Å². The maximum Gasteiger partial charge on any atom is 0.234 e. The highest BCUT2D eigenvalue weighted by Gasteiger charge is 2.11. The molecule has 0 spiro atoms. The Morgan fingerprint density at radius 2 is 2.12 bits per heavy atom. The fraction of sp³-hybridized carbons (Fsp3) is 0.300. The number of aromatic nitrogens is 2. The average molecular weight is 239 g/mol. The topological polar surface area (TPSA) is 74.8 Å². The lowest BCUT2D eigenvalue weighted by Crippen LogP contribution is -2.16. The first-order chi connectivity index (χ1) is 7.61. The van der Waals surface area contributed by atoms with Crippen molar-refractivity contribution < 1.29 is 8.42 Å². The van der Waals surface area contributed by atoms with Gasteiger partial charge in [-0.25, -0.2) is 13.4 Å². The standard InChI is InChI=1S/C10H13N3O2S/c1-2-7-16(14,15)13-10-11-8-5-3-4-6-9(8)12-10/h3-6H,2,7H2,1H3,(H2,11,12,13). The van der Waals surface area contributed by atoms with Crippen LogP contribution < -0.4 is 4.72 Å². The zero-order valence-corrected chi connectivity index (χ0v) is 9.71. The van der Waals surface area contributed by atoms with Crippen molar-refractivity contribution in [3.63, 3.8) is 0 Å². The number of para-hydroxylation sites is 2. The van der Waals surface area contributed by atoms with Crippen molar-refractivity contribution in [1.29, 1.82) is 0 Å². The first kappa shape index (κ1) is 10.9. The summed E-state index contributed by atoms with van der Waals surface area (Å²) in [6.07, 6.45) is 0.579. The van der Waals surface area contributed by atoms with Gasteiger partial charge < -0.3 is 4.98 Å². The number of fused-ring (bicyclic) bond motifs is 1. The van der Waals surface area contributed by atoms with E-state index in [2.05, 4.69) is 14.7 Å². The minimum Gasteiger partial charge on any atom is -0.323 e. The summed E-state index contributed by atoms with van der Waals surface area (Å²) < 4.78 is 25.4. The lowest BCUT2D eigenvalue weighted by atomic mass is 10.3. The minimum absolute atomic E-state index is 0.101. The number of H-pyrrole nitrogens is 1. The molecule has 0 saturated heterocycles. The van der Waals surface area contributed by atoms with Gasteiger partial charge in [0.05, 0.1) is 16.8 Å². The average Bonchev–Trinajstić information content (AvgIpc) is 2.58. The minimum atomic E-state index is -3.28. The quantitative estimate of drug-likeness (QED) is 0.853. The molecule has 0 unspecified atom stereocenters. The Labute approximate surface area is 93.9 Å². The van der Waals surface area contributed by atoms with E-state index in [4.69, 9.17) is 0 Å². The summed E-state index contributed by atoms with van der Waals surface area (Å²) in [5, 5.41) is 0. The van der Waals surface area contributed by atoms with E-state index in [-0.39, 0.29) is 11.7 Å². The number of hydrogen-bond donors (Lipinski definition) is 2. The van der Waals surface area contributed by atoms with Gasteiger partial charge in [0.15, 0.2) is 0 Å². The van der Waals surface area contributed by atoms with Crippen molar-refractivity contribution in [2.75, 3.05) is 10.5 Å². The van der Waals surface area contributed by atoms with Crippen LogP contribution in [0.5, 0.6) is 0 Å². The Bertz CT molecular complexity index is 556. The van der Waals surface area contributed by atoms with Crippen LogP contribution >= 0.6 is 0 Å². The molecule has 0 aliphatic carbocycles. The summed E-state index contributed by atoms with van der Waals surface area (Å²) in [4.78, 5) is 7.04. The van der Waals surface area contributed by atoms with E-state index in [1.54, 1.807) is 0 Å². The van der Waals surface area contributed by atoms with Crippen LogP contribution in [0, 0.1) is 0 Å². The molecule has 16 heavy (non-hydrogen) atoms. The summed E-state index contributed by atoms with van der Waals surface area (Å²) in [5.41, 5.74) is 1.56. The van der Waals surface area contributed by atoms with Crippen LogP contribution in [0.4, 0.5) is 5.95 Å². The highest BCUT2D eigenvalue weighted by Crippen LogP contribution is 2.14. The molecular weight excluding hydrogens is 226 g/mol. The summed E-state index contributed by atoms with van der Waals surface area (Å²) in [6, 6.07) is 7.39. The van der Waals surface area contributed by atoms with Gasteiger partial charge in [0.25, 0.3) is 0 Å². The third-order valence-electron chi connectivity index (χ3n) is 2.11. The molecule has 0 atom stereocenters. The molecule has 2 aromatic rings. The molecule has 2 N–H and O–H groups in total. The fourth-order valence-electron chi connectivity index (χ4n) is 1.47. The van der Waals surface area contributed by atoms with Crippen LogP contribution in [0.3, 0.4) is 0 Å². The first-order valence-electron chi connectivity index (χ1n) is 5.06. The van der Waals surface area contributed by atoms with Crippen molar-refractivity contribution in [1.82, 2.24) is 9.97 Å². The molecule has 2 rings (SSSR count). The molecule has 0 amide bonds. The van der Waals surface area contributed by atoms with Crippen molar-refractivity contribution >= 4 is 27.0 Å². The summed E-state index contributed by atoms with van der Waals surface area (Å²) in [5.74, 6) is 0.374. The lowest BCUT2D eigenvalue weighted by molar-refractivity contribution is 0.599. The Kier molecular flexibility index (Phi) is 2.82. The Morgan fingerprint density at radius 3 is 2.81 bits per heavy atom. The summed E-state index contributed by atoms with van der Waals surface area (Å²) >= 11 is 0. The number of hydrogen-bond acceptors (Lipinski definition) is 3. The Balaban J connectivity index is 2.28. The second-order valence-corrected chi connectivity index (χ2v) is 5.37. The van der Waals surface area contributed by atoms with Gasteiger partial charge in [-0.1, -0.05) is 19.1 Å². The van der Waals surface area contributed by atoms with E-state index >= 15 is 0 Å². The molecule has 0 aliphatic heterocycles. The number of nitrogens with one attached hydrogen (secondary N) is 2. The van der Waals surface area contributed by atoms with E-state index in [9.17, 15) is 8.42 Å². The van der Waals surface area contributed by atoms with Gasteiger partial charge in [-0.3, -0.25) is 4.72 Å². The van der Waals surface area contributed by atoms with Gasteiger partial charge >= 0.3 is 0 Å². The van der Waals surface area contributed by atoms with Crippen LogP contribution in [0.2, 0.25) is 0 Å². The number of imidazole rings is 1. The third-order valence-corrected chi connectivity index (χ3v) is 3.56.